The molecule has 0 aliphatic carbocycles. The van der Waals surface area contributed by atoms with Gasteiger partial charge in [0.05, 0.1) is 17.3 Å². The zero-order valence-corrected chi connectivity index (χ0v) is 16.3. The van der Waals surface area contributed by atoms with Gasteiger partial charge in [-0.25, -0.2) is 4.98 Å². The van der Waals surface area contributed by atoms with Crippen LogP contribution in [0.5, 0.6) is 11.6 Å². The van der Waals surface area contributed by atoms with Crippen LogP contribution >= 0.6 is 0 Å². The molecule has 7 heteroatoms. The molecule has 146 valence electrons. The van der Waals surface area contributed by atoms with Crippen molar-refractivity contribution in [2.75, 3.05) is 18.0 Å². The van der Waals surface area contributed by atoms with Gasteiger partial charge in [-0.15, -0.1) is 0 Å². The minimum absolute atomic E-state index is 0.434. The molecule has 4 rings (SSSR count). The Kier molecular flexibility index (Phi) is 5.36. The molecule has 3 aromatic rings. The summed E-state index contributed by atoms with van der Waals surface area (Å²) in [6, 6.07) is 13.1. The van der Waals surface area contributed by atoms with Gasteiger partial charge in [0.15, 0.2) is 0 Å². The summed E-state index contributed by atoms with van der Waals surface area (Å²) in [5.74, 6) is 2.50. The first-order valence-electron chi connectivity index (χ1n) is 9.64. The van der Waals surface area contributed by atoms with Crippen molar-refractivity contribution in [3.63, 3.8) is 0 Å². The van der Waals surface area contributed by atoms with E-state index in [-0.39, 0.29) is 0 Å². The highest BCUT2D eigenvalue weighted by atomic mass is 16.5. The number of anilines is 1. The Morgan fingerprint density at radius 1 is 1.14 bits per heavy atom. The van der Waals surface area contributed by atoms with Crippen molar-refractivity contribution in [3.05, 3.63) is 59.5 Å². The van der Waals surface area contributed by atoms with E-state index in [1.165, 1.54) is 0 Å². The first-order valence-corrected chi connectivity index (χ1v) is 9.64. The molecule has 1 aliphatic heterocycles. The lowest BCUT2D eigenvalue weighted by Gasteiger charge is -2.18. The predicted octanol–water partition coefficient (Wildman–Crippen LogP) is 3.57. The topological polar surface area (TPSA) is 101 Å². The quantitative estimate of drug-likeness (QED) is 0.715. The molecule has 1 fully saturated rings. The van der Waals surface area contributed by atoms with Crippen LogP contribution in [0, 0.1) is 18.3 Å². The molecular weight excluding hydrogens is 364 g/mol. The van der Waals surface area contributed by atoms with Crippen molar-refractivity contribution in [2.45, 2.75) is 26.3 Å². The number of nitrogens with zero attached hydrogens (tertiary/aromatic N) is 5. The number of benzene rings is 1. The van der Waals surface area contributed by atoms with Crippen molar-refractivity contribution < 1.29 is 4.74 Å². The Balaban J connectivity index is 1.71. The number of aromatic nitrogens is 3. The van der Waals surface area contributed by atoms with Gasteiger partial charge >= 0.3 is 0 Å². The van der Waals surface area contributed by atoms with Crippen LogP contribution in [0.25, 0.3) is 11.3 Å². The van der Waals surface area contributed by atoms with Crippen molar-refractivity contribution in [1.82, 2.24) is 15.0 Å². The van der Waals surface area contributed by atoms with Crippen molar-refractivity contribution in [3.8, 4) is 29.0 Å². The van der Waals surface area contributed by atoms with Crippen LogP contribution < -0.4 is 15.4 Å². The fraction of sp³-hybridized carbons (Fsp3) is 0.273. The standard InChI is InChI=1S/C22H22N6O/c1-15-26-21(28-8-2-3-9-28)11-22(27-15)29-20-10-16(12-23)4-6-18(20)19-7-5-17(13-24)14-25-19/h4-7,10-11,14H,2-3,8-9,13,24H2,1H3. The summed E-state index contributed by atoms with van der Waals surface area (Å²) in [6.07, 6.45) is 4.08. The lowest BCUT2D eigenvalue weighted by Crippen LogP contribution is -2.19. The molecule has 2 aromatic heterocycles. The molecule has 7 nitrogen and oxygen atoms in total. The highest BCUT2D eigenvalue weighted by Gasteiger charge is 2.17. The lowest BCUT2D eigenvalue weighted by atomic mass is 10.1. The molecule has 2 N–H and O–H groups in total. The fourth-order valence-corrected chi connectivity index (χ4v) is 3.39. The summed E-state index contributed by atoms with van der Waals surface area (Å²) >= 11 is 0. The number of ether oxygens (including phenoxy) is 1. The molecule has 0 spiro atoms. The maximum Gasteiger partial charge on any atom is 0.224 e. The van der Waals surface area contributed by atoms with E-state index in [1.54, 1.807) is 18.3 Å². The van der Waals surface area contributed by atoms with Crippen molar-refractivity contribution in [2.24, 2.45) is 5.73 Å². The van der Waals surface area contributed by atoms with Gasteiger partial charge < -0.3 is 15.4 Å². The van der Waals surface area contributed by atoms with Crippen LogP contribution in [0.3, 0.4) is 0 Å². The summed E-state index contributed by atoms with van der Waals surface area (Å²) in [6.45, 7) is 4.26. The molecule has 0 unspecified atom stereocenters. The zero-order chi connectivity index (χ0) is 20.2. The summed E-state index contributed by atoms with van der Waals surface area (Å²) in [4.78, 5) is 15.7. The summed E-state index contributed by atoms with van der Waals surface area (Å²) in [5, 5.41) is 9.32. The average molecular weight is 386 g/mol. The number of hydrogen-bond donors (Lipinski definition) is 1. The lowest BCUT2D eigenvalue weighted by molar-refractivity contribution is 0.461. The van der Waals surface area contributed by atoms with Gasteiger partial charge in [-0.2, -0.15) is 10.2 Å². The first kappa shape index (κ1) is 18.8. The number of pyridine rings is 1. The number of nitrogens with two attached hydrogens (primary N) is 1. The van der Waals surface area contributed by atoms with Crippen molar-refractivity contribution in [1.29, 1.82) is 5.26 Å². The van der Waals surface area contributed by atoms with E-state index in [0.717, 1.165) is 48.6 Å². The molecule has 1 saturated heterocycles. The van der Waals surface area contributed by atoms with E-state index in [1.807, 2.05) is 31.2 Å². The number of nitriles is 1. The highest BCUT2D eigenvalue weighted by molar-refractivity contribution is 5.69. The number of hydrogen-bond acceptors (Lipinski definition) is 7. The third kappa shape index (κ3) is 4.18. The second-order valence-corrected chi connectivity index (χ2v) is 6.99. The summed E-state index contributed by atoms with van der Waals surface area (Å²) < 4.78 is 6.15. The van der Waals surface area contributed by atoms with Crippen LogP contribution in [0.2, 0.25) is 0 Å². The third-order valence-corrected chi connectivity index (χ3v) is 4.89. The Morgan fingerprint density at radius 3 is 2.66 bits per heavy atom. The molecule has 0 atom stereocenters. The van der Waals surface area contributed by atoms with Gasteiger partial charge in [0, 0.05) is 37.5 Å². The van der Waals surface area contributed by atoms with Gasteiger partial charge in [-0.05, 0) is 49.6 Å². The maximum atomic E-state index is 9.32. The Morgan fingerprint density at radius 2 is 1.97 bits per heavy atom. The SMILES string of the molecule is Cc1nc(Oc2cc(C#N)ccc2-c2ccc(CN)cn2)cc(N2CCCC2)n1. The van der Waals surface area contributed by atoms with Crippen LogP contribution in [0.1, 0.15) is 29.8 Å². The largest absolute Gasteiger partial charge is 0.438 e. The predicted molar refractivity (Wildman–Crippen MR) is 111 cm³/mol. The molecule has 1 aromatic carbocycles. The maximum absolute atomic E-state index is 9.32. The van der Waals surface area contributed by atoms with E-state index in [9.17, 15) is 5.26 Å². The third-order valence-electron chi connectivity index (χ3n) is 4.89. The summed E-state index contributed by atoms with van der Waals surface area (Å²) in [5.41, 5.74) is 8.65. The van der Waals surface area contributed by atoms with E-state index in [2.05, 4.69) is 25.9 Å². The minimum Gasteiger partial charge on any atom is -0.438 e. The second kappa shape index (κ2) is 8.25. The van der Waals surface area contributed by atoms with Crippen LogP contribution in [-0.2, 0) is 6.54 Å². The fourth-order valence-electron chi connectivity index (χ4n) is 3.39. The van der Waals surface area contributed by atoms with Gasteiger partial charge in [0.2, 0.25) is 5.88 Å². The normalized spacial score (nSPS) is 13.3. The molecule has 0 saturated carbocycles. The van der Waals surface area contributed by atoms with Crippen molar-refractivity contribution >= 4 is 5.82 Å². The van der Waals surface area contributed by atoms with E-state index < -0.39 is 0 Å². The van der Waals surface area contributed by atoms with E-state index in [0.29, 0.717) is 29.6 Å². The molecule has 29 heavy (non-hydrogen) atoms. The summed E-state index contributed by atoms with van der Waals surface area (Å²) in [7, 11) is 0. The van der Waals surface area contributed by atoms with Crippen LogP contribution in [0.15, 0.2) is 42.6 Å². The molecule has 0 bridgehead atoms. The van der Waals surface area contributed by atoms with Gasteiger partial charge in [0.1, 0.15) is 17.4 Å². The number of rotatable bonds is 5. The Bertz CT molecular complexity index is 1050. The molecule has 1 aliphatic rings. The Hall–Kier alpha value is -3.50. The average Bonchev–Trinajstić information content (AvgIpc) is 3.28. The Labute approximate surface area is 169 Å². The monoisotopic (exact) mass is 386 g/mol. The smallest absolute Gasteiger partial charge is 0.224 e. The second-order valence-electron chi connectivity index (χ2n) is 6.99. The van der Waals surface area contributed by atoms with Gasteiger partial charge in [-0.1, -0.05) is 6.07 Å². The highest BCUT2D eigenvalue weighted by Crippen LogP contribution is 2.34. The van der Waals surface area contributed by atoms with E-state index >= 15 is 0 Å². The number of aryl methyl sites for hydroxylation is 1. The molecule has 0 amide bonds. The molecule has 3 heterocycles. The van der Waals surface area contributed by atoms with E-state index in [4.69, 9.17) is 10.5 Å². The minimum atomic E-state index is 0.434. The zero-order valence-electron chi connectivity index (χ0n) is 16.3. The molecular formula is C22H22N6O. The van der Waals surface area contributed by atoms with Crippen LogP contribution in [0.4, 0.5) is 5.82 Å². The molecule has 0 radical (unpaired) electrons. The van der Waals surface area contributed by atoms with Gasteiger partial charge in [0.25, 0.3) is 0 Å². The first-order chi connectivity index (χ1) is 14.2. The van der Waals surface area contributed by atoms with Crippen LogP contribution in [-0.4, -0.2) is 28.0 Å². The van der Waals surface area contributed by atoms with Gasteiger partial charge in [-0.3, -0.25) is 4.98 Å².